The van der Waals surface area contributed by atoms with Crippen LogP contribution in [0.5, 0.6) is 0 Å². The van der Waals surface area contributed by atoms with Crippen molar-refractivity contribution in [2.45, 2.75) is 4.90 Å². The molecule has 1 saturated heterocycles. The molecule has 0 unspecified atom stereocenters. The van der Waals surface area contributed by atoms with Gasteiger partial charge in [-0.05, 0) is 42.5 Å². The van der Waals surface area contributed by atoms with Crippen LogP contribution in [0.3, 0.4) is 0 Å². The van der Waals surface area contributed by atoms with E-state index in [9.17, 15) is 27.5 Å². The summed E-state index contributed by atoms with van der Waals surface area (Å²) in [4.78, 5) is 29.1. The molecule has 1 aliphatic heterocycles. The molecule has 2 aromatic rings. The third kappa shape index (κ3) is 5.54. The number of aromatic carboxylic acids is 1. The number of hydrogen-bond acceptors (Lipinski definition) is 6. The minimum absolute atomic E-state index is 0.0180. The third-order valence-corrected chi connectivity index (χ3v) is 6.58. The predicted octanol–water partition coefficient (Wildman–Crippen LogP) is 1.53. The van der Waals surface area contributed by atoms with Gasteiger partial charge in [0.05, 0.1) is 22.7 Å². The van der Waals surface area contributed by atoms with Gasteiger partial charge >= 0.3 is 5.97 Å². The molecule has 1 fully saturated rings. The maximum atomic E-state index is 13.1. The fourth-order valence-electron chi connectivity index (χ4n) is 3.31. The molecule has 9 nitrogen and oxygen atoms in total. The summed E-state index contributed by atoms with van der Waals surface area (Å²) in [7, 11) is -0.673. The van der Waals surface area contributed by atoms with Crippen molar-refractivity contribution in [1.29, 1.82) is 0 Å². The molecule has 32 heavy (non-hydrogen) atoms. The van der Waals surface area contributed by atoms with Crippen LogP contribution in [0.25, 0.3) is 0 Å². The molecule has 11 heteroatoms. The number of carboxylic acids is 1. The Balaban J connectivity index is 1.75. The van der Waals surface area contributed by atoms with Gasteiger partial charge in [-0.2, -0.15) is 0 Å². The quantitative estimate of drug-likeness (QED) is 0.640. The molecule has 0 aromatic heterocycles. The summed E-state index contributed by atoms with van der Waals surface area (Å²) in [5, 5.41) is 9.63. The van der Waals surface area contributed by atoms with Gasteiger partial charge in [0.15, 0.2) is 0 Å². The third-order valence-electron chi connectivity index (χ3n) is 5.20. The largest absolute Gasteiger partial charge is 0.478 e. The second-order valence-corrected chi connectivity index (χ2v) is 9.33. The fourth-order valence-corrected chi connectivity index (χ4v) is 4.39. The highest BCUT2D eigenvalue weighted by molar-refractivity contribution is 7.92. The van der Waals surface area contributed by atoms with Gasteiger partial charge in [0.1, 0.15) is 5.82 Å². The molecule has 2 N–H and O–H groups in total. The Kier molecular flexibility index (Phi) is 6.99. The molecule has 3 rings (SSSR count). The number of carbonyl (C=O) groups is 2. The molecule has 0 aliphatic carbocycles. The van der Waals surface area contributed by atoms with E-state index >= 15 is 0 Å². The monoisotopic (exact) mass is 464 g/mol. The summed E-state index contributed by atoms with van der Waals surface area (Å²) in [6.45, 7) is 2.80. The second-order valence-electron chi connectivity index (χ2n) is 7.65. The highest BCUT2D eigenvalue weighted by Crippen LogP contribution is 2.26. The summed E-state index contributed by atoms with van der Waals surface area (Å²) in [6, 6.07) is 8.71. The minimum atomic E-state index is -4.09. The lowest BCUT2D eigenvalue weighted by Gasteiger charge is -2.36. The first-order valence-electron chi connectivity index (χ1n) is 9.90. The Morgan fingerprint density at radius 1 is 1.06 bits per heavy atom. The molecule has 1 amide bonds. The Morgan fingerprint density at radius 2 is 1.69 bits per heavy atom. The molecular formula is C21H25FN4O5S. The first-order chi connectivity index (χ1) is 15.1. The lowest BCUT2D eigenvalue weighted by molar-refractivity contribution is -0.129. The van der Waals surface area contributed by atoms with Crippen LogP contribution < -0.4 is 9.62 Å². The van der Waals surface area contributed by atoms with E-state index in [0.717, 1.165) is 24.3 Å². The number of rotatable bonds is 7. The van der Waals surface area contributed by atoms with Crippen molar-refractivity contribution in [1.82, 2.24) is 9.80 Å². The number of benzene rings is 2. The number of halogens is 1. The first-order valence-corrected chi connectivity index (χ1v) is 11.4. The van der Waals surface area contributed by atoms with Crippen LogP contribution >= 0.6 is 0 Å². The average molecular weight is 465 g/mol. The van der Waals surface area contributed by atoms with Crippen molar-refractivity contribution in [2.24, 2.45) is 0 Å². The number of nitrogens with one attached hydrogen (secondary N) is 1. The van der Waals surface area contributed by atoms with E-state index in [1.54, 1.807) is 20.2 Å². The first kappa shape index (κ1) is 23.5. The van der Waals surface area contributed by atoms with Crippen molar-refractivity contribution >= 4 is 33.3 Å². The number of carboxylic acid groups (broad SMARTS) is 1. The maximum Gasteiger partial charge on any atom is 0.337 e. The van der Waals surface area contributed by atoms with Gasteiger partial charge in [-0.25, -0.2) is 17.6 Å². The van der Waals surface area contributed by atoms with E-state index in [0.29, 0.717) is 38.4 Å². The van der Waals surface area contributed by atoms with Gasteiger partial charge in [0, 0.05) is 46.0 Å². The summed E-state index contributed by atoms with van der Waals surface area (Å²) in [6.07, 6.45) is 0. The molecule has 0 bridgehead atoms. The molecule has 0 saturated carbocycles. The number of anilines is 2. The zero-order chi connectivity index (χ0) is 23.5. The van der Waals surface area contributed by atoms with E-state index in [1.165, 1.54) is 17.0 Å². The van der Waals surface area contributed by atoms with E-state index in [1.807, 2.05) is 9.80 Å². The van der Waals surface area contributed by atoms with E-state index in [2.05, 4.69) is 4.72 Å². The Bertz CT molecular complexity index is 1100. The fraction of sp³-hybridized carbons (Fsp3) is 0.333. The van der Waals surface area contributed by atoms with E-state index in [4.69, 9.17) is 0 Å². The van der Waals surface area contributed by atoms with Crippen molar-refractivity contribution in [3.05, 3.63) is 53.8 Å². The van der Waals surface area contributed by atoms with Crippen molar-refractivity contribution in [3.63, 3.8) is 0 Å². The van der Waals surface area contributed by atoms with E-state index in [-0.39, 0.29) is 22.1 Å². The summed E-state index contributed by atoms with van der Waals surface area (Å²) in [5.74, 6) is -1.84. The molecule has 1 aliphatic rings. The SMILES string of the molecule is CN(C)C(=O)CN1CCN(c2ccc(NS(=O)(=O)c3ccc(F)cc3)c(C(=O)O)c2)CC1. The maximum absolute atomic E-state index is 13.1. The average Bonchev–Trinajstić information content (AvgIpc) is 2.74. The van der Waals surface area contributed by atoms with Crippen LogP contribution in [-0.4, -0.2) is 82.0 Å². The molecule has 0 spiro atoms. The van der Waals surface area contributed by atoms with Crippen LogP contribution in [0, 0.1) is 5.82 Å². The number of amides is 1. The highest BCUT2D eigenvalue weighted by atomic mass is 32.2. The predicted molar refractivity (Wildman–Crippen MR) is 118 cm³/mol. The zero-order valence-electron chi connectivity index (χ0n) is 17.8. The van der Waals surface area contributed by atoms with Crippen LogP contribution in [-0.2, 0) is 14.8 Å². The van der Waals surface area contributed by atoms with Gasteiger partial charge in [0.25, 0.3) is 10.0 Å². The topological polar surface area (TPSA) is 110 Å². The van der Waals surface area contributed by atoms with Gasteiger partial charge in [-0.15, -0.1) is 0 Å². The molecule has 172 valence electrons. The van der Waals surface area contributed by atoms with Gasteiger partial charge in [-0.3, -0.25) is 14.4 Å². The van der Waals surface area contributed by atoms with Gasteiger partial charge in [0.2, 0.25) is 5.91 Å². The number of hydrogen-bond donors (Lipinski definition) is 2. The van der Waals surface area contributed by atoms with Crippen LogP contribution in [0.4, 0.5) is 15.8 Å². The number of carbonyl (C=O) groups excluding carboxylic acids is 1. The number of nitrogens with zero attached hydrogens (tertiary/aromatic N) is 3. The Hall–Kier alpha value is -3.18. The summed E-state index contributed by atoms with van der Waals surface area (Å²) >= 11 is 0. The lowest BCUT2D eigenvalue weighted by Crippen LogP contribution is -2.49. The van der Waals surface area contributed by atoms with Crippen molar-refractivity contribution < 1.29 is 27.5 Å². The number of piperazine rings is 1. The number of sulfonamides is 1. The van der Waals surface area contributed by atoms with E-state index < -0.39 is 21.8 Å². The highest BCUT2D eigenvalue weighted by Gasteiger charge is 2.23. The molecule has 1 heterocycles. The normalized spacial score (nSPS) is 14.8. The standard InChI is InChI=1S/C21H25FN4O5S/c1-24(2)20(27)14-25-9-11-26(12-10-25)16-5-8-19(18(13-16)21(28)29)23-32(30,31)17-6-3-15(22)4-7-17/h3-8,13,23H,9-12,14H2,1-2H3,(H,28,29). The second kappa shape index (κ2) is 9.53. The minimum Gasteiger partial charge on any atom is -0.478 e. The van der Waals surface area contributed by atoms with Crippen LogP contribution in [0.2, 0.25) is 0 Å². The molecular weight excluding hydrogens is 439 g/mol. The zero-order valence-corrected chi connectivity index (χ0v) is 18.6. The van der Waals surface area contributed by atoms with Crippen molar-refractivity contribution in [2.75, 3.05) is 56.4 Å². The van der Waals surface area contributed by atoms with Crippen LogP contribution in [0.1, 0.15) is 10.4 Å². The van der Waals surface area contributed by atoms with Gasteiger partial charge < -0.3 is 14.9 Å². The molecule has 2 aromatic carbocycles. The smallest absolute Gasteiger partial charge is 0.337 e. The Morgan fingerprint density at radius 3 is 2.25 bits per heavy atom. The molecule has 0 radical (unpaired) electrons. The Labute approximate surface area is 186 Å². The van der Waals surface area contributed by atoms with Crippen LogP contribution in [0.15, 0.2) is 47.4 Å². The summed E-state index contributed by atoms with van der Waals surface area (Å²) in [5.41, 5.74) is 0.366. The number of likely N-dealkylation sites (N-methyl/N-ethyl adjacent to an activating group) is 1. The van der Waals surface area contributed by atoms with Crippen molar-refractivity contribution in [3.8, 4) is 0 Å². The molecule has 0 atom stereocenters. The summed E-state index contributed by atoms with van der Waals surface area (Å²) < 4.78 is 40.5. The van der Waals surface area contributed by atoms with Gasteiger partial charge in [-0.1, -0.05) is 0 Å². The lowest BCUT2D eigenvalue weighted by atomic mass is 10.1.